The zero-order valence-electron chi connectivity index (χ0n) is 6.07. The van der Waals surface area contributed by atoms with Crippen LogP contribution in [-0.2, 0) is 9.13 Å². The van der Waals surface area contributed by atoms with Gasteiger partial charge >= 0.3 is 15.2 Å². The van der Waals surface area contributed by atoms with Gasteiger partial charge in [0.2, 0.25) is 0 Å². The van der Waals surface area contributed by atoms with Gasteiger partial charge in [0.05, 0.1) is 12.3 Å². The summed E-state index contributed by atoms with van der Waals surface area (Å²) in [5.41, 5.74) is 0. The maximum absolute atomic E-state index is 10.2. The van der Waals surface area contributed by atoms with E-state index in [9.17, 15) is 9.13 Å². The van der Waals surface area contributed by atoms with Crippen molar-refractivity contribution in [3.05, 3.63) is 12.2 Å². The third-order valence-electron chi connectivity index (χ3n) is 0.853. The maximum atomic E-state index is 10.2. The van der Waals surface area contributed by atoms with E-state index in [1.807, 2.05) is 0 Å². The van der Waals surface area contributed by atoms with Gasteiger partial charge in [-0.3, -0.25) is 9.13 Å². The molecule has 0 aliphatic heterocycles. The summed E-state index contributed by atoms with van der Waals surface area (Å²) in [5, 5.41) is 0. The molecule has 0 rings (SSSR count). The van der Waals surface area contributed by atoms with Crippen molar-refractivity contribution < 1.29 is 28.7 Å². The lowest BCUT2D eigenvalue weighted by Gasteiger charge is -1.98. The Morgan fingerprint density at radius 3 is 1.25 bits per heavy atom. The van der Waals surface area contributed by atoms with Crippen molar-refractivity contribution in [2.45, 2.75) is 0 Å². The Balaban J connectivity index is 3.81. The molecule has 0 radical (unpaired) electrons. The smallest absolute Gasteiger partial charge is 0.324 e. The van der Waals surface area contributed by atoms with Crippen molar-refractivity contribution in [2.75, 3.05) is 12.3 Å². The maximum Gasteiger partial charge on any atom is 0.329 e. The lowest BCUT2D eigenvalue weighted by Crippen LogP contribution is -1.85. The quantitative estimate of drug-likeness (QED) is 0.385. The number of rotatable bonds is 4. The fraction of sp³-hybridized carbons (Fsp3) is 0.500. The second-order valence-corrected chi connectivity index (χ2v) is 5.55. The van der Waals surface area contributed by atoms with Crippen LogP contribution in [0.3, 0.4) is 0 Å². The normalized spacial score (nSPS) is 14.0. The fourth-order valence-electron chi connectivity index (χ4n) is 0.424. The predicted molar refractivity (Wildman–Crippen MR) is 43.0 cm³/mol. The Bertz CT molecular complexity index is 220. The van der Waals surface area contributed by atoms with Gasteiger partial charge in [-0.15, -0.1) is 0 Å². The number of allylic oxidation sites excluding steroid dienone is 2. The van der Waals surface area contributed by atoms with E-state index in [0.29, 0.717) is 0 Å². The van der Waals surface area contributed by atoms with Gasteiger partial charge in [-0.1, -0.05) is 12.2 Å². The van der Waals surface area contributed by atoms with Gasteiger partial charge in [-0.2, -0.15) is 0 Å². The first kappa shape index (κ1) is 12.0. The van der Waals surface area contributed by atoms with E-state index < -0.39 is 27.5 Å². The molecule has 0 spiro atoms. The zero-order valence-corrected chi connectivity index (χ0v) is 7.86. The Labute approximate surface area is 69.2 Å². The first-order chi connectivity index (χ1) is 5.21. The molecule has 72 valence electrons. The van der Waals surface area contributed by atoms with Gasteiger partial charge in [0.1, 0.15) is 0 Å². The summed E-state index contributed by atoms with van der Waals surface area (Å²) in [4.78, 5) is 33.3. The van der Waals surface area contributed by atoms with Crippen LogP contribution in [0.25, 0.3) is 0 Å². The van der Waals surface area contributed by atoms with Crippen LogP contribution in [0.4, 0.5) is 0 Å². The van der Waals surface area contributed by atoms with Crippen LogP contribution in [-0.4, -0.2) is 31.9 Å². The molecule has 12 heavy (non-hydrogen) atoms. The average molecular weight is 216 g/mol. The van der Waals surface area contributed by atoms with E-state index in [-0.39, 0.29) is 0 Å². The molecule has 0 saturated carbocycles. The lowest BCUT2D eigenvalue weighted by atomic mass is 10.6. The topological polar surface area (TPSA) is 115 Å². The molecular weight excluding hydrogens is 206 g/mol. The second kappa shape index (κ2) is 4.33. The molecular formula is C4H10O6P2. The van der Waals surface area contributed by atoms with Crippen molar-refractivity contribution in [3.8, 4) is 0 Å². The monoisotopic (exact) mass is 216 g/mol. The van der Waals surface area contributed by atoms with E-state index in [2.05, 4.69) is 0 Å². The molecule has 0 heterocycles. The Kier molecular flexibility index (Phi) is 4.34. The largest absolute Gasteiger partial charge is 0.329 e. The molecule has 0 bridgehead atoms. The Hall–Kier alpha value is 0.0400. The minimum absolute atomic E-state index is 0.493. The highest BCUT2D eigenvalue weighted by molar-refractivity contribution is 7.52. The molecule has 0 saturated heterocycles. The van der Waals surface area contributed by atoms with Crippen LogP contribution in [0.1, 0.15) is 0 Å². The van der Waals surface area contributed by atoms with Gasteiger partial charge in [0, 0.05) is 0 Å². The highest BCUT2D eigenvalue weighted by Crippen LogP contribution is 2.36. The summed E-state index contributed by atoms with van der Waals surface area (Å²) in [5.74, 6) is 0. The van der Waals surface area contributed by atoms with E-state index >= 15 is 0 Å². The molecule has 0 aliphatic carbocycles. The summed E-state index contributed by atoms with van der Waals surface area (Å²) in [7, 11) is -8.17. The van der Waals surface area contributed by atoms with E-state index in [0.717, 1.165) is 12.2 Å². The van der Waals surface area contributed by atoms with Crippen molar-refractivity contribution in [3.63, 3.8) is 0 Å². The fourth-order valence-corrected chi connectivity index (χ4v) is 1.27. The van der Waals surface area contributed by atoms with Crippen molar-refractivity contribution in [1.82, 2.24) is 0 Å². The van der Waals surface area contributed by atoms with Crippen molar-refractivity contribution >= 4 is 15.2 Å². The molecule has 0 aliphatic rings. The summed E-state index contributed by atoms with van der Waals surface area (Å²) in [6, 6.07) is 0. The van der Waals surface area contributed by atoms with E-state index in [1.165, 1.54) is 0 Å². The molecule has 0 aromatic rings. The van der Waals surface area contributed by atoms with Crippen LogP contribution in [0.2, 0.25) is 0 Å². The van der Waals surface area contributed by atoms with E-state index in [4.69, 9.17) is 19.6 Å². The Morgan fingerprint density at radius 2 is 1.08 bits per heavy atom. The molecule has 4 N–H and O–H groups in total. The highest BCUT2D eigenvalue weighted by atomic mass is 31.2. The molecule has 0 unspecified atom stereocenters. The molecule has 0 fully saturated rings. The van der Waals surface area contributed by atoms with Crippen molar-refractivity contribution in [2.24, 2.45) is 0 Å². The summed E-state index contributed by atoms with van der Waals surface area (Å²) in [6.45, 7) is 0. The van der Waals surface area contributed by atoms with Gasteiger partial charge < -0.3 is 19.6 Å². The SMILES string of the molecule is O=P(O)(O)C/C=C/CP(=O)(O)O. The highest BCUT2D eigenvalue weighted by Gasteiger charge is 2.11. The lowest BCUT2D eigenvalue weighted by molar-refractivity contribution is 0.373. The van der Waals surface area contributed by atoms with Gasteiger partial charge in [0.15, 0.2) is 0 Å². The van der Waals surface area contributed by atoms with Crippen LogP contribution in [0.15, 0.2) is 12.2 Å². The molecule has 0 atom stereocenters. The third-order valence-corrected chi connectivity index (χ3v) is 2.23. The molecule has 0 aromatic heterocycles. The van der Waals surface area contributed by atoms with Gasteiger partial charge in [0.25, 0.3) is 0 Å². The summed E-state index contributed by atoms with van der Waals surface area (Å²) >= 11 is 0. The van der Waals surface area contributed by atoms with E-state index in [1.54, 1.807) is 0 Å². The standard InChI is InChI=1S/C4H10O6P2/c5-11(6,7)3-1-2-4-12(8,9)10/h1-2H,3-4H2,(H2,5,6,7)(H2,8,9,10)/b2-1+. The van der Waals surface area contributed by atoms with Crippen LogP contribution in [0, 0.1) is 0 Å². The second-order valence-electron chi connectivity index (χ2n) is 2.17. The average Bonchev–Trinajstić information content (AvgIpc) is 1.76. The first-order valence-corrected chi connectivity index (χ1v) is 6.54. The molecule has 0 aromatic carbocycles. The van der Waals surface area contributed by atoms with Crippen LogP contribution >= 0.6 is 15.2 Å². The van der Waals surface area contributed by atoms with Crippen LogP contribution in [0.5, 0.6) is 0 Å². The first-order valence-electron chi connectivity index (χ1n) is 2.95. The minimum Gasteiger partial charge on any atom is -0.324 e. The van der Waals surface area contributed by atoms with Gasteiger partial charge in [-0.25, -0.2) is 0 Å². The summed E-state index contributed by atoms with van der Waals surface area (Å²) in [6.07, 6.45) is 1.12. The molecule has 6 nitrogen and oxygen atoms in total. The summed E-state index contributed by atoms with van der Waals surface area (Å²) < 4.78 is 20.4. The Morgan fingerprint density at radius 1 is 0.833 bits per heavy atom. The third kappa shape index (κ3) is 10.0. The predicted octanol–water partition coefficient (Wildman–Crippen LogP) is -0.102. The molecule has 0 amide bonds. The number of hydrogen-bond acceptors (Lipinski definition) is 2. The zero-order chi connectivity index (χ0) is 9.83. The number of hydrogen-bond donors (Lipinski definition) is 4. The molecule has 8 heteroatoms. The minimum atomic E-state index is -4.09. The van der Waals surface area contributed by atoms with Crippen molar-refractivity contribution in [1.29, 1.82) is 0 Å². The van der Waals surface area contributed by atoms with Crippen LogP contribution < -0.4 is 0 Å². The van der Waals surface area contributed by atoms with Gasteiger partial charge in [-0.05, 0) is 0 Å².